The molecular weight excluding hydrogens is 733 g/mol. The highest BCUT2D eigenvalue weighted by molar-refractivity contribution is 6.14. The Labute approximate surface area is 348 Å². The summed E-state index contributed by atoms with van der Waals surface area (Å²) >= 11 is 0. The van der Waals surface area contributed by atoms with Gasteiger partial charge in [0.1, 0.15) is 5.69 Å². The van der Waals surface area contributed by atoms with Gasteiger partial charge in [-0.1, -0.05) is 146 Å². The van der Waals surface area contributed by atoms with E-state index in [0.717, 1.165) is 79.4 Å². The number of para-hydroxylation sites is 3. The largest absolute Gasteiger partial charge is 0.453 e. The molecule has 10 aromatic carbocycles. The number of ether oxygens (including phenoxy) is 2. The summed E-state index contributed by atoms with van der Waals surface area (Å²) in [6.07, 6.45) is 0. The predicted octanol–water partition coefficient (Wildman–Crippen LogP) is 16.1. The van der Waals surface area contributed by atoms with Gasteiger partial charge >= 0.3 is 0 Å². The Morgan fingerprint density at radius 2 is 0.817 bits per heavy atom. The van der Waals surface area contributed by atoms with Crippen LogP contribution in [0.1, 0.15) is 0 Å². The fraction of sp³-hybridized carbons (Fsp3) is 0. The Bertz CT molecular complexity index is 3270. The molecule has 0 unspecified atom stereocenters. The van der Waals surface area contributed by atoms with Gasteiger partial charge in [0.15, 0.2) is 23.0 Å². The predicted molar refractivity (Wildman–Crippen MR) is 247 cm³/mol. The van der Waals surface area contributed by atoms with Gasteiger partial charge in [-0.3, -0.25) is 4.90 Å². The summed E-state index contributed by atoms with van der Waals surface area (Å²) in [7, 11) is 0. The first-order chi connectivity index (χ1) is 29.7. The Hall–Kier alpha value is -8.08. The maximum absolute atomic E-state index is 6.58. The Morgan fingerprint density at radius 1 is 0.317 bits per heavy atom. The van der Waals surface area contributed by atoms with Crippen molar-refractivity contribution in [3.8, 4) is 56.4 Å². The number of nitrogens with zero attached hydrogens (tertiary/aromatic N) is 2. The lowest BCUT2D eigenvalue weighted by atomic mass is 9.97. The number of benzene rings is 10. The molecule has 0 aromatic heterocycles. The molecule has 0 spiro atoms. The second kappa shape index (κ2) is 13.8. The third-order valence-corrected chi connectivity index (χ3v) is 11.8. The molecule has 0 N–H and O–H groups in total. The van der Waals surface area contributed by atoms with Crippen LogP contribution >= 0.6 is 0 Å². The molecule has 0 radical (unpaired) electrons. The minimum Gasteiger partial charge on any atom is -0.453 e. The summed E-state index contributed by atoms with van der Waals surface area (Å²) in [6, 6.07) is 77.6. The SMILES string of the molecule is c1ccc(-c2ccc(N(c3ccc(-c4cccc(-c5ccc6c(c5)Oc5cccc7c5N6c5ccccc5O7)c4)cc3)c3cc4ccccc4c4ccccc34)cc2)cc1. The Kier molecular flexibility index (Phi) is 7.82. The van der Waals surface area contributed by atoms with Crippen LogP contribution in [0.4, 0.5) is 34.1 Å². The second-order valence-electron chi connectivity index (χ2n) is 15.3. The number of hydrogen-bond donors (Lipinski definition) is 0. The zero-order chi connectivity index (χ0) is 39.6. The third-order valence-electron chi connectivity index (χ3n) is 11.8. The minimum absolute atomic E-state index is 0.776. The van der Waals surface area contributed by atoms with E-state index >= 15 is 0 Å². The van der Waals surface area contributed by atoms with Crippen molar-refractivity contribution in [1.29, 1.82) is 0 Å². The molecule has 2 heterocycles. The maximum Gasteiger partial charge on any atom is 0.155 e. The molecule has 0 atom stereocenters. The van der Waals surface area contributed by atoms with E-state index in [1.54, 1.807) is 0 Å². The summed E-state index contributed by atoms with van der Waals surface area (Å²) in [4.78, 5) is 4.65. The van der Waals surface area contributed by atoms with E-state index in [9.17, 15) is 0 Å². The normalized spacial score (nSPS) is 12.2. The summed E-state index contributed by atoms with van der Waals surface area (Å²) < 4.78 is 12.9. The first kappa shape index (κ1) is 34.0. The van der Waals surface area contributed by atoms with Gasteiger partial charge in [0.05, 0.1) is 17.1 Å². The van der Waals surface area contributed by atoms with Crippen molar-refractivity contribution in [3.63, 3.8) is 0 Å². The third kappa shape index (κ3) is 5.61. The van der Waals surface area contributed by atoms with Crippen molar-refractivity contribution in [2.75, 3.05) is 9.80 Å². The number of rotatable bonds is 6. The van der Waals surface area contributed by atoms with E-state index in [1.807, 2.05) is 36.4 Å². The topological polar surface area (TPSA) is 24.9 Å². The van der Waals surface area contributed by atoms with E-state index in [1.165, 1.54) is 32.7 Å². The highest BCUT2D eigenvalue weighted by Crippen LogP contribution is 2.59. The van der Waals surface area contributed by atoms with Crippen LogP contribution in [0.15, 0.2) is 218 Å². The van der Waals surface area contributed by atoms with Crippen LogP contribution in [0.25, 0.3) is 54.9 Å². The van der Waals surface area contributed by atoms with Crippen molar-refractivity contribution in [2.45, 2.75) is 0 Å². The zero-order valence-electron chi connectivity index (χ0n) is 32.5. The molecule has 0 saturated carbocycles. The van der Waals surface area contributed by atoms with Gasteiger partial charge in [-0.05, 0) is 122 Å². The van der Waals surface area contributed by atoms with E-state index in [0.29, 0.717) is 0 Å². The minimum atomic E-state index is 0.776. The molecule has 60 heavy (non-hydrogen) atoms. The van der Waals surface area contributed by atoms with Gasteiger partial charge < -0.3 is 14.4 Å². The smallest absolute Gasteiger partial charge is 0.155 e. The Balaban J connectivity index is 0.917. The molecule has 0 amide bonds. The first-order valence-corrected chi connectivity index (χ1v) is 20.3. The molecule has 4 nitrogen and oxygen atoms in total. The van der Waals surface area contributed by atoms with E-state index in [4.69, 9.17) is 9.47 Å². The van der Waals surface area contributed by atoms with Crippen LogP contribution in [0.2, 0.25) is 0 Å². The van der Waals surface area contributed by atoms with Crippen LogP contribution in [-0.4, -0.2) is 0 Å². The maximum atomic E-state index is 6.58. The van der Waals surface area contributed by atoms with Gasteiger partial charge in [0.2, 0.25) is 0 Å². The van der Waals surface area contributed by atoms with E-state index < -0.39 is 0 Å². The molecule has 12 rings (SSSR count). The molecular formula is C56H36N2O2. The monoisotopic (exact) mass is 768 g/mol. The quantitative estimate of drug-likeness (QED) is 0.157. The standard InChI is InChI=1S/C56H36N2O2/c1-2-12-37(13-3-1)38-24-29-44(30-25-38)57(51-35-43-14-4-5-17-46(43)47-18-6-7-19-48(47)51)45-31-26-39(27-32-45)40-15-10-16-41(34-40)42-28-33-50-55(36-42)60-54-23-11-22-53-56(54)58(50)49-20-8-9-21-52(49)59-53/h1-36H. The van der Waals surface area contributed by atoms with E-state index in [2.05, 4.69) is 192 Å². The van der Waals surface area contributed by atoms with Crippen LogP contribution in [0, 0.1) is 0 Å². The van der Waals surface area contributed by atoms with Crippen molar-refractivity contribution in [2.24, 2.45) is 0 Å². The number of hydrogen-bond acceptors (Lipinski definition) is 4. The van der Waals surface area contributed by atoms with Gasteiger partial charge in [-0.2, -0.15) is 0 Å². The van der Waals surface area contributed by atoms with Gasteiger partial charge in [0, 0.05) is 16.8 Å². The van der Waals surface area contributed by atoms with Crippen molar-refractivity contribution >= 4 is 55.7 Å². The lowest BCUT2D eigenvalue weighted by molar-refractivity contribution is 0.446. The van der Waals surface area contributed by atoms with Gasteiger partial charge in [-0.15, -0.1) is 0 Å². The molecule has 282 valence electrons. The van der Waals surface area contributed by atoms with Gasteiger partial charge in [-0.25, -0.2) is 0 Å². The summed E-state index contributed by atoms with van der Waals surface area (Å²) in [6.45, 7) is 0. The molecule has 0 fully saturated rings. The fourth-order valence-electron chi connectivity index (χ4n) is 8.94. The highest BCUT2D eigenvalue weighted by atomic mass is 16.5. The lowest BCUT2D eigenvalue weighted by Crippen LogP contribution is -2.20. The van der Waals surface area contributed by atoms with Crippen LogP contribution < -0.4 is 19.3 Å². The zero-order valence-corrected chi connectivity index (χ0v) is 32.5. The van der Waals surface area contributed by atoms with Crippen molar-refractivity contribution in [3.05, 3.63) is 218 Å². The van der Waals surface area contributed by atoms with Crippen molar-refractivity contribution < 1.29 is 9.47 Å². The summed E-state index contributed by atoms with van der Waals surface area (Å²) in [5, 5.41) is 4.90. The number of anilines is 6. The Morgan fingerprint density at radius 3 is 1.58 bits per heavy atom. The van der Waals surface area contributed by atoms with Crippen molar-refractivity contribution in [1.82, 2.24) is 0 Å². The molecule has 0 bridgehead atoms. The molecule has 10 aromatic rings. The second-order valence-corrected chi connectivity index (χ2v) is 15.3. The molecule has 0 saturated heterocycles. The molecule has 2 aliphatic rings. The van der Waals surface area contributed by atoms with Crippen LogP contribution in [-0.2, 0) is 0 Å². The molecule has 2 aliphatic heterocycles. The van der Waals surface area contributed by atoms with Crippen LogP contribution in [0.3, 0.4) is 0 Å². The molecule has 4 heteroatoms. The lowest BCUT2D eigenvalue weighted by Gasteiger charge is -2.37. The van der Waals surface area contributed by atoms with E-state index in [-0.39, 0.29) is 0 Å². The molecule has 0 aliphatic carbocycles. The first-order valence-electron chi connectivity index (χ1n) is 20.3. The van der Waals surface area contributed by atoms with Gasteiger partial charge in [0.25, 0.3) is 0 Å². The number of fused-ring (bicyclic) bond motifs is 7. The summed E-state index contributed by atoms with van der Waals surface area (Å²) in [5.74, 6) is 3.20. The summed E-state index contributed by atoms with van der Waals surface area (Å²) in [5.41, 5.74) is 13.1. The average molecular weight is 769 g/mol. The fourth-order valence-corrected chi connectivity index (χ4v) is 8.94. The highest BCUT2D eigenvalue weighted by Gasteiger charge is 2.34. The van der Waals surface area contributed by atoms with Crippen LogP contribution in [0.5, 0.6) is 23.0 Å². The average Bonchev–Trinajstić information content (AvgIpc) is 3.32.